The molecule has 0 saturated heterocycles. The molecule has 2 rings (SSSR count). The number of nitrogens with one attached hydrogen (secondary N) is 1. The van der Waals surface area contributed by atoms with E-state index in [0.29, 0.717) is 10.6 Å². The van der Waals surface area contributed by atoms with Gasteiger partial charge in [-0.25, -0.2) is 4.98 Å². The van der Waals surface area contributed by atoms with Crippen molar-refractivity contribution in [3.8, 4) is 0 Å². The number of benzene rings is 1. The van der Waals surface area contributed by atoms with Crippen molar-refractivity contribution in [2.24, 2.45) is 5.84 Å². The lowest BCUT2D eigenvalue weighted by molar-refractivity contribution is -0.385. The number of anilines is 1. The van der Waals surface area contributed by atoms with Crippen molar-refractivity contribution < 1.29 is 4.92 Å². The first kappa shape index (κ1) is 14.3. The third-order valence-electron chi connectivity index (χ3n) is 2.57. The maximum Gasteiger partial charge on any atom is 0.272 e. The second-order valence-corrected chi connectivity index (χ2v) is 5.44. The fourth-order valence-electron chi connectivity index (χ4n) is 1.81. The van der Waals surface area contributed by atoms with E-state index in [1.54, 1.807) is 6.07 Å². The van der Waals surface area contributed by atoms with Gasteiger partial charge in [0.15, 0.2) is 0 Å². The van der Waals surface area contributed by atoms with Crippen molar-refractivity contribution >= 4 is 23.1 Å². The summed E-state index contributed by atoms with van der Waals surface area (Å²) < 4.78 is 0. The molecule has 0 aliphatic heterocycles. The van der Waals surface area contributed by atoms with Crippen LogP contribution in [-0.4, -0.2) is 9.91 Å². The Labute approximate surface area is 120 Å². The second kappa shape index (κ2) is 5.89. The van der Waals surface area contributed by atoms with Gasteiger partial charge in [-0.3, -0.25) is 16.0 Å². The third-order valence-corrected chi connectivity index (χ3v) is 3.46. The standard InChI is InChI=1S/C13H14N4O2S/c1-8-3-9(2)15-13(4-8)20-12-6-10(16-14)5-11(7-12)17(18)19/h3-7,16H,14H2,1-2H3. The molecule has 0 saturated carbocycles. The predicted octanol–water partition coefficient (Wildman–Crippen LogP) is 3.04. The Hall–Kier alpha value is -2.12. The van der Waals surface area contributed by atoms with Crippen LogP contribution in [0.2, 0.25) is 0 Å². The maximum absolute atomic E-state index is 10.9. The number of aromatic nitrogens is 1. The molecule has 0 fully saturated rings. The summed E-state index contributed by atoms with van der Waals surface area (Å²) in [6.07, 6.45) is 0. The zero-order valence-electron chi connectivity index (χ0n) is 11.1. The molecule has 1 aromatic heterocycles. The molecule has 0 aliphatic rings. The molecule has 0 amide bonds. The number of nitrogens with two attached hydrogens (primary N) is 1. The highest BCUT2D eigenvalue weighted by atomic mass is 32.2. The van der Waals surface area contributed by atoms with E-state index in [2.05, 4.69) is 10.4 Å². The van der Waals surface area contributed by atoms with Crippen LogP contribution in [0, 0.1) is 24.0 Å². The fourth-order valence-corrected chi connectivity index (χ4v) is 2.85. The van der Waals surface area contributed by atoms with Gasteiger partial charge in [0.25, 0.3) is 5.69 Å². The number of rotatable bonds is 4. The minimum absolute atomic E-state index is 0.00711. The topological polar surface area (TPSA) is 94.1 Å². The molecule has 0 atom stereocenters. The van der Waals surface area contributed by atoms with Crippen LogP contribution in [0.4, 0.5) is 11.4 Å². The zero-order valence-corrected chi connectivity index (χ0v) is 11.9. The number of aryl methyl sites for hydroxylation is 2. The highest BCUT2D eigenvalue weighted by Gasteiger charge is 2.11. The summed E-state index contributed by atoms with van der Waals surface area (Å²) in [6, 6.07) is 8.55. The summed E-state index contributed by atoms with van der Waals surface area (Å²) in [6.45, 7) is 3.90. The molecule has 7 heteroatoms. The largest absolute Gasteiger partial charge is 0.324 e. The molecule has 0 bridgehead atoms. The van der Waals surface area contributed by atoms with Crippen LogP contribution < -0.4 is 11.3 Å². The van der Waals surface area contributed by atoms with E-state index in [1.165, 1.54) is 23.9 Å². The summed E-state index contributed by atoms with van der Waals surface area (Å²) in [5, 5.41) is 11.7. The quantitative estimate of drug-likeness (QED) is 0.510. The van der Waals surface area contributed by atoms with E-state index in [1.807, 2.05) is 26.0 Å². The van der Waals surface area contributed by atoms with Gasteiger partial charge in [-0.1, -0.05) is 11.8 Å². The average molecular weight is 290 g/mol. The smallest absolute Gasteiger partial charge is 0.272 e. The van der Waals surface area contributed by atoms with Gasteiger partial charge >= 0.3 is 0 Å². The lowest BCUT2D eigenvalue weighted by Crippen LogP contribution is -2.07. The lowest BCUT2D eigenvalue weighted by atomic mass is 10.3. The van der Waals surface area contributed by atoms with E-state index in [-0.39, 0.29) is 5.69 Å². The third kappa shape index (κ3) is 3.46. The fraction of sp³-hybridized carbons (Fsp3) is 0.154. The summed E-state index contributed by atoms with van der Waals surface area (Å²) in [7, 11) is 0. The number of hydrogen-bond acceptors (Lipinski definition) is 6. The van der Waals surface area contributed by atoms with Crippen molar-refractivity contribution in [2.75, 3.05) is 5.43 Å². The van der Waals surface area contributed by atoms with Crippen LogP contribution in [-0.2, 0) is 0 Å². The van der Waals surface area contributed by atoms with Crippen LogP contribution in [0.25, 0.3) is 0 Å². The SMILES string of the molecule is Cc1cc(C)nc(Sc2cc(NN)cc([N+](=O)[O-])c2)c1. The van der Waals surface area contributed by atoms with Crippen LogP contribution in [0.15, 0.2) is 40.3 Å². The highest BCUT2D eigenvalue weighted by molar-refractivity contribution is 7.99. The van der Waals surface area contributed by atoms with Gasteiger partial charge in [0.05, 0.1) is 10.6 Å². The second-order valence-electron chi connectivity index (χ2n) is 4.34. The molecule has 20 heavy (non-hydrogen) atoms. The van der Waals surface area contributed by atoms with Crippen LogP contribution in [0.3, 0.4) is 0 Å². The molecule has 0 unspecified atom stereocenters. The molecule has 0 radical (unpaired) electrons. The first-order valence-corrected chi connectivity index (χ1v) is 6.69. The number of nitro benzene ring substituents is 1. The molecular formula is C13H14N4O2S. The Morgan fingerprint density at radius 2 is 2.00 bits per heavy atom. The summed E-state index contributed by atoms with van der Waals surface area (Å²) in [5.41, 5.74) is 4.93. The maximum atomic E-state index is 10.9. The molecule has 2 aromatic rings. The molecular weight excluding hydrogens is 276 g/mol. The Bertz CT molecular complexity index is 641. The van der Waals surface area contributed by atoms with Gasteiger partial charge in [0, 0.05) is 22.7 Å². The molecule has 6 nitrogen and oxygen atoms in total. The van der Waals surface area contributed by atoms with Gasteiger partial charge in [0.1, 0.15) is 5.03 Å². The van der Waals surface area contributed by atoms with E-state index < -0.39 is 4.92 Å². The first-order valence-electron chi connectivity index (χ1n) is 5.87. The van der Waals surface area contributed by atoms with Gasteiger partial charge in [-0.15, -0.1) is 0 Å². The molecule has 1 heterocycles. The van der Waals surface area contributed by atoms with Crippen molar-refractivity contribution in [1.82, 2.24) is 4.98 Å². The van der Waals surface area contributed by atoms with E-state index >= 15 is 0 Å². The number of nitrogens with zero attached hydrogens (tertiary/aromatic N) is 2. The molecule has 3 N–H and O–H groups in total. The van der Waals surface area contributed by atoms with Gasteiger partial charge < -0.3 is 5.43 Å². The van der Waals surface area contributed by atoms with Crippen molar-refractivity contribution in [3.05, 3.63) is 51.7 Å². The van der Waals surface area contributed by atoms with E-state index in [9.17, 15) is 10.1 Å². The number of nitrogen functional groups attached to an aromatic ring is 1. The summed E-state index contributed by atoms with van der Waals surface area (Å²) in [5.74, 6) is 5.33. The Morgan fingerprint density at radius 1 is 1.25 bits per heavy atom. The van der Waals surface area contributed by atoms with Crippen LogP contribution in [0.5, 0.6) is 0 Å². The number of hydrazine groups is 1. The van der Waals surface area contributed by atoms with Crippen molar-refractivity contribution in [3.63, 3.8) is 0 Å². The number of nitro groups is 1. The van der Waals surface area contributed by atoms with Crippen molar-refractivity contribution in [1.29, 1.82) is 0 Å². The van der Waals surface area contributed by atoms with Crippen LogP contribution >= 0.6 is 11.8 Å². The number of pyridine rings is 1. The minimum Gasteiger partial charge on any atom is -0.324 e. The lowest BCUT2D eigenvalue weighted by Gasteiger charge is -2.06. The van der Waals surface area contributed by atoms with Gasteiger partial charge in [-0.05, 0) is 37.6 Å². The summed E-state index contributed by atoms with van der Waals surface area (Å²) in [4.78, 5) is 15.6. The van der Waals surface area contributed by atoms with E-state index in [0.717, 1.165) is 16.3 Å². The van der Waals surface area contributed by atoms with Gasteiger partial charge in [0.2, 0.25) is 0 Å². The van der Waals surface area contributed by atoms with Crippen LogP contribution in [0.1, 0.15) is 11.3 Å². The molecule has 0 aliphatic carbocycles. The number of non-ortho nitro benzene ring substituents is 1. The predicted molar refractivity (Wildman–Crippen MR) is 78.7 cm³/mol. The normalized spacial score (nSPS) is 10.3. The van der Waals surface area contributed by atoms with Gasteiger partial charge in [-0.2, -0.15) is 0 Å². The van der Waals surface area contributed by atoms with Crippen molar-refractivity contribution in [2.45, 2.75) is 23.8 Å². The monoisotopic (exact) mass is 290 g/mol. The molecule has 104 valence electrons. The molecule has 0 spiro atoms. The molecule has 1 aromatic carbocycles. The van der Waals surface area contributed by atoms with E-state index in [4.69, 9.17) is 5.84 Å². The number of hydrogen-bond donors (Lipinski definition) is 2. The highest BCUT2D eigenvalue weighted by Crippen LogP contribution is 2.32. The summed E-state index contributed by atoms with van der Waals surface area (Å²) >= 11 is 1.37. The zero-order chi connectivity index (χ0) is 14.7. The Balaban J connectivity index is 2.37. The Morgan fingerprint density at radius 3 is 2.60 bits per heavy atom. The minimum atomic E-state index is -0.445. The average Bonchev–Trinajstić information content (AvgIpc) is 2.36. The Kier molecular flexibility index (Phi) is 4.21. The first-order chi connectivity index (χ1) is 9.47.